The van der Waals surface area contributed by atoms with Gasteiger partial charge in [-0.15, -0.1) is 0 Å². The van der Waals surface area contributed by atoms with E-state index in [9.17, 15) is 14.0 Å². The molecule has 0 radical (unpaired) electrons. The first kappa shape index (κ1) is 21.5. The van der Waals surface area contributed by atoms with Crippen molar-refractivity contribution in [3.05, 3.63) is 46.3 Å². The van der Waals surface area contributed by atoms with Crippen LogP contribution in [-0.2, 0) is 9.59 Å². The number of pyridine rings is 1. The Morgan fingerprint density at radius 3 is 2.23 bits per heavy atom. The molecule has 3 saturated carbocycles. The minimum absolute atomic E-state index is 0.0169. The lowest BCUT2D eigenvalue weighted by atomic mass is 9.44. The van der Waals surface area contributed by atoms with E-state index in [2.05, 4.69) is 15.6 Å². The lowest BCUT2D eigenvalue weighted by Crippen LogP contribution is -2.84. The Morgan fingerprint density at radius 1 is 1.03 bits per heavy atom. The minimum atomic E-state index is -0.615. The molecule has 3 aliphatic carbocycles. The highest BCUT2D eigenvalue weighted by molar-refractivity contribution is 6.30. The van der Waals surface area contributed by atoms with Gasteiger partial charge in [0.25, 0.3) is 11.8 Å². The second kappa shape index (κ2) is 8.05. The monoisotopic (exact) mass is 468 g/mol. The van der Waals surface area contributed by atoms with E-state index in [1.807, 2.05) is 0 Å². The molecule has 0 unspecified atom stereocenters. The van der Waals surface area contributed by atoms with Gasteiger partial charge in [0.1, 0.15) is 16.7 Å². The second-order valence-electron chi connectivity index (χ2n) is 7.86. The van der Waals surface area contributed by atoms with Crippen LogP contribution in [0.15, 0.2) is 30.3 Å². The normalized spacial score (nSPS) is 23.2. The number of hydrogen-bond acceptors (Lipinski definition) is 6. The van der Waals surface area contributed by atoms with Crippen LogP contribution in [0.2, 0.25) is 10.2 Å². The maximum absolute atomic E-state index is 13.4. The summed E-state index contributed by atoms with van der Waals surface area (Å²) in [5, 5.41) is 6.08. The number of aromatic nitrogens is 1. The lowest BCUT2D eigenvalue weighted by molar-refractivity contribution is -0.151. The van der Waals surface area contributed by atoms with Crippen molar-refractivity contribution in [3.8, 4) is 11.5 Å². The Kier molecular flexibility index (Phi) is 5.57. The quantitative estimate of drug-likeness (QED) is 0.512. The first-order valence-electron chi connectivity index (χ1n) is 9.42. The summed E-state index contributed by atoms with van der Waals surface area (Å²) in [7, 11) is 0. The zero-order chi connectivity index (χ0) is 22.2. The van der Waals surface area contributed by atoms with Crippen molar-refractivity contribution in [1.29, 1.82) is 0 Å². The fraction of sp³-hybridized carbons (Fsp3) is 0.350. The summed E-state index contributed by atoms with van der Waals surface area (Å²) in [6, 6.07) is 7.03. The largest absolute Gasteiger partial charge is 0.484 e. The molecule has 1 aromatic heterocycles. The van der Waals surface area contributed by atoms with Gasteiger partial charge in [-0.25, -0.2) is 9.37 Å². The number of amides is 2. The Morgan fingerprint density at radius 2 is 1.65 bits per heavy atom. The van der Waals surface area contributed by atoms with Gasteiger partial charge < -0.3 is 25.8 Å². The average molecular weight is 469 g/mol. The second-order valence-corrected chi connectivity index (χ2v) is 8.65. The van der Waals surface area contributed by atoms with Crippen molar-refractivity contribution in [2.24, 2.45) is 0 Å². The third-order valence-electron chi connectivity index (χ3n) is 5.31. The minimum Gasteiger partial charge on any atom is -0.484 e. The molecule has 2 aromatic rings. The Hall–Kier alpha value is -2.78. The maximum atomic E-state index is 13.4. The third-order valence-corrected chi connectivity index (χ3v) is 5.83. The van der Waals surface area contributed by atoms with Crippen LogP contribution in [0.4, 0.5) is 10.2 Å². The summed E-state index contributed by atoms with van der Waals surface area (Å²) in [5.41, 5.74) is 5.01. The number of nitrogens with two attached hydrogens (primary N) is 1. The molecule has 5 rings (SSSR count). The molecule has 0 atom stereocenters. The molecule has 0 spiro atoms. The summed E-state index contributed by atoms with van der Waals surface area (Å²) in [5.74, 6) is -0.617. The molecular formula is C20H19Cl2FN4O4. The van der Waals surface area contributed by atoms with Gasteiger partial charge in [0, 0.05) is 17.1 Å². The van der Waals surface area contributed by atoms with Gasteiger partial charge in [0.2, 0.25) is 0 Å². The number of benzene rings is 1. The fourth-order valence-electron chi connectivity index (χ4n) is 4.13. The molecule has 1 aromatic carbocycles. The molecule has 3 aliphatic rings. The van der Waals surface area contributed by atoms with Gasteiger partial charge in [0.05, 0.1) is 5.02 Å². The van der Waals surface area contributed by atoms with Crippen molar-refractivity contribution in [3.63, 3.8) is 0 Å². The van der Waals surface area contributed by atoms with E-state index in [-0.39, 0.29) is 63.6 Å². The van der Waals surface area contributed by atoms with Crippen LogP contribution in [-0.4, -0.2) is 41.1 Å². The van der Waals surface area contributed by atoms with Gasteiger partial charge in [-0.3, -0.25) is 9.59 Å². The average Bonchev–Trinajstić information content (AvgIpc) is 2.65. The van der Waals surface area contributed by atoms with Crippen molar-refractivity contribution >= 4 is 40.8 Å². The Balaban J connectivity index is 1.18. The zero-order valence-electron chi connectivity index (χ0n) is 16.2. The van der Waals surface area contributed by atoms with Gasteiger partial charge in [-0.05, 0) is 43.5 Å². The van der Waals surface area contributed by atoms with E-state index in [1.165, 1.54) is 18.2 Å². The topological polar surface area (TPSA) is 116 Å². The van der Waals surface area contributed by atoms with E-state index < -0.39 is 5.82 Å². The summed E-state index contributed by atoms with van der Waals surface area (Å²) in [6.07, 6.45) is 1.87. The number of carbonyl (C=O) groups excluding carboxylic acids is 2. The first-order valence-corrected chi connectivity index (χ1v) is 10.2. The van der Waals surface area contributed by atoms with E-state index in [4.69, 9.17) is 38.4 Å². The highest BCUT2D eigenvalue weighted by atomic mass is 35.5. The van der Waals surface area contributed by atoms with Crippen LogP contribution in [0.3, 0.4) is 0 Å². The highest BCUT2D eigenvalue weighted by Crippen LogP contribution is 2.60. The summed E-state index contributed by atoms with van der Waals surface area (Å²) < 4.78 is 24.1. The third kappa shape index (κ3) is 4.62. The molecule has 8 nitrogen and oxygen atoms in total. The number of nitrogen functional groups attached to an aromatic ring is 1. The summed E-state index contributed by atoms with van der Waals surface area (Å²) in [6.45, 7) is -0.452. The van der Waals surface area contributed by atoms with E-state index in [1.54, 1.807) is 6.07 Å². The van der Waals surface area contributed by atoms with Gasteiger partial charge in [0.15, 0.2) is 24.8 Å². The van der Waals surface area contributed by atoms with Gasteiger partial charge in [-0.2, -0.15) is 0 Å². The van der Waals surface area contributed by atoms with Gasteiger partial charge >= 0.3 is 0 Å². The molecule has 0 aliphatic heterocycles. The van der Waals surface area contributed by atoms with Crippen LogP contribution < -0.4 is 25.8 Å². The molecule has 164 valence electrons. The predicted octanol–water partition coefficient (Wildman–Crippen LogP) is 2.48. The highest BCUT2D eigenvalue weighted by Gasteiger charge is 2.69. The zero-order valence-corrected chi connectivity index (χ0v) is 17.7. The summed E-state index contributed by atoms with van der Waals surface area (Å²) in [4.78, 5) is 28.2. The van der Waals surface area contributed by atoms with Crippen LogP contribution in [0.25, 0.3) is 0 Å². The molecule has 2 bridgehead atoms. The van der Waals surface area contributed by atoms with E-state index in [0.29, 0.717) is 19.3 Å². The molecule has 0 saturated heterocycles. The van der Waals surface area contributed by atoms with E-state index >= 15 is 0 Å². The van der Waals surface area contributed by atoms with Gasteiger partial charge in [-0.1, -0.05) is 23.2 Å². The van der Waals surface area contributed by atoms with Crippen molar-refractivity contribution in [1.82, 2.24) is 15.6 Å². The van der Waals surface area contributed by atoms with Crippen LogP contribution in [0.5, 0.6) is 11.5 Å². The molecular weight excluding hydrogens is 450 g/mol. The molecule has 11 heteroatoms. The Labute approximate surface area is 187 Å². The molecule has 3 fully saturated rings. The number of nitrogens with zero attached hydrogens (tertiary/aromatic N) is 1. The molecule has 31 heavy (non-hydrogen) atoms. The number of halogens is 3. The molecule has 2 amide bonds. The van der Waals surface area contributed by atoms with Crippen molar-refractivity contribution in [2.45, 2.75) is 30.3 Å². The van der Waals surface area contributed by atoms with Crippen molar-refractivity contribution in [2.75, 3.05) is 18.9 Å². The van der Waals surface area contributed by atoms with E-state index in [0.717, 1.165) is 6.07 Å². The number of carbonyl (C=O) groups is 2. The number of ether oxygens (including phenoxy) is 2. The fourth-order valence-corrected chi connectivity index (χ4v) is 4.41. The molecule has 4 N–H and O–H groups in total. The number of nitrogens with one attached hydrogen (secondary N) is 2. The maximum Gasteiger partial charge on any atom is 0.258 e. The number of anilines is 1. The van der Waals surface area contributed by atoms with Crippen LogP contribution in [0.1, 0.15) is 19.3 Å². The number of rotatable bonds is 8. The SMILES string of the molecule is Nc1nc(Cl)ccc1OCC(=O)NC12CC(NC(=O)COc3ccc(Cl)c(F)c3)(C1)C2. The Bertz CT molecular complexity index is 1030. The molecule has 1 heterocycles. The first-order chi connectivity index (χ1) is 14.7. The number of hydrogen-bond donors (Lipinski definition) is 3. The van der Waals surface area contributed by atoms with Crippen molar-refractivity contribution < 1.29 is 23.5 Å². The lowest BCUT2D eigenvalue weighted by Gasteiger charge is -2.70. The smallest absolute Gasteiger partial charge is 0.258 e. The predicted molar refractivity (Wildman–Crippen MR) is 112 cm³/mol. The van der Waals surface area contributed by atoms with Crippen LogP contribution in [0, 0.1) is 5.82 Å². The standard InChI is InChI=1S/C20H19Cl2FN4O4/c21-12-2-1-11(5-13(12)23)30-6-16(28)26-19-8-20(9-19,10-19)27-17(29)7-31-14-3-4-15(22)25-18(14)24/h1-5H,6-10H2,(H2,24,25)(H,26,28)(H,27,29). The van der Waals surface area contributed by atoms with Crippen LogP contribution >= 0.6 is 23.2 Å². The summed E-state index contributed by atoms with van der Waals surface area (Å²) >= 11 is 11.3.